The molecule has 1 heterocycles. The van der Waals surface area contributed by atoms with Crippen LogP contribution in [0.4, 0.5) is 0 Å². The maximum atomic E-state index is 11.8. The molecule has 0 spiro atoms. The minimum Gasteiger partial charge on any atom is -0.481 e. The Hall–Kier alpha value is -2.36. The predicted molar refractivity (Wildman–Crippen MR) is 82.1 cm³/mol. The highest BCUT2D eigenvalue weighted by atomic mass is 16.5. The maximum Gasteiger partial charge on any atom is 0.220 e. The Kier molecular flexibility index (Phi) is 5.32. The molecule has 4 nitrogen and oxygen atoms in total. The number of amides is 1. The number of hydrogen-bond donors (Lipinski definition) is 1. The molecule has 0 fully saturated rings. The summed E-state index contributed by atoms with van der Waals surface area (Å²) in [6.07, 6.45) is 2.96. The molecule has 0 aliphatic carbocycles. The monoisotopic (exact) mass is 284 g/mol. The Morgan fingerprint density at radius 1 is 1.24 bits per heavy atom. The number of benzene rings is 1. The number of pyridine rings is 1. The molecule has 1 aromatic heterocycles. The van der Waals surface area contributed by atoms with Crippen molar-refractivity contribution in [3.8, 4) is 5.88 Å². The zero-order valence-electron chi connectivity index (χ0n) is 12.4. The maximum absolute atomic E-state index is 11.8. The van der Waals surface area contributed by atoms with Crippen LogP contribution in [0.3, 0.4) is 0 Å². The Labute approximate surface area is 125 Å². The van der Waals surface area contributed by atoms with Crippen LogP contribution in [0.15, 0.2) is 42.6 Å². The van der Waals surface area contributed by atoms with E-state index in [4.69, 9.17) is 4.74 Å². The second-order valence-corrected chi connectivity index (χ2v) is 4.97. The first-order valence-corrected chi connectivity index (χ1v) is 6.98. The van der Waals surface area contributed by atoms with Crippen molar-refractivity contribution in [2.24, 2.45) is 0 Å². The zero-order chi connectivity index (χ0) is 15.1. The molecule has 21 heavy (non-hydrogen) atoms. The van der Waals surface area contributed by atoms with Gasteiger partial charge in [-0.15, -0.1) is 0 Å². The summed E-state index contributed by atoms with van der Waals surface area (Å²) < 4.78 is 4.99. The predicted octanol–water partition coefficient (Wildman–Crippen LogP) is 2.65. The summed E-state index contributed by atoms with van der Waals surface area (Å²) >= 11 is 0. The summed E-state index contributed by atoms with van der Waals surface area (Å²) in [5, 5.41) is 2.90. The molecule has 0 radical (unpaired) electrons. The van der Waals surface area contributed by atoms with Gasteiger partial charge in [-0.2, -0.15) is 0 Å². The number of aromatic nitrogens is 1. The van der Waals surface area contributed by atoms with Gasteiger partial charge in [0.1, 0.15) is 0 Å². The molecule has 0 atom stereocenters. The van der Waals surface area contributed by atoms with Crippen molar-refractivity contribution in [3.63, 3.8) is 0 Å². The lowest BCUT2D eigenvalue weighted by Gasteiger charge is -2.06. The topological polar surface area (TPSA) is 51.2 Å². The number of carbonyl (C=O) groups excluding carboxylic acids is 1. The van der Waals surface area contributed by atoms with Crippen molar-refractivity contribution in [2.45, 2.75) is 26.3 Å². The Balaban J connectivity index is 1.76. The van der Waals surface area contributed by atoms with E-state index in [1.807, 2.05) is 18.2 Å². The minimum atomic E-state index is 0.0484. The molecule has 0 saturated heterocycles. The van der Waals surface area contributed by atoms with Gasteiger partial charge in [-0.3, -0.25) is 4.79 Å². The first kappa shape index (κ1) is 15.0. The second-order valence-electron chi connectivity index (χ2n) is 4.97. The molecule has 1 amide bonds. The van der Waals surface area contributed by atoms with Crippen molar-refractivity contribution in [1.82, 2.24) is 10.3 Å². The summed E-state index contributed by atoms with van der Waals surface area (Å²) in [6.45, 7) is 2.55. The van der Waals surface area contributed by atoms with Crippen molar-refractivity contribution in [2.75, 3.05) is 7.11 Å². The van der Waals surface area contributed by atoms with Crippen molar-refractivity contribution in [1.29, 1.82) is 0 Å². The molecule has 0 bridgehead atoms. The standard InChI is InChI=1S/C17H20N2O2/c1-13-4-3-5-14(10-13)6-8-16(20)18-11-15-7-9-17(21-2)19-12-15/h3-5,7,9-10,12H,6,8,11H2,1-2H3,(H,18,20). The SMILES string of the molecule is COc1ccc(CNC(=O)CCc2cccc(C)c2)cn1. The summed E-state index contributed by atoms with van der Waals surface area (Å²) in [4.78, 5) is 15.9. The van der Waals surface area contributed by atoms with Crippen LogP contribution in [0, 0.1) is 6.92 Å². The number of nitrogens with zero attached hydrogens (tertiary/aromatic N) is 1. The molecular weight excluding hydrogens is 264 g/mol. The molecule has 0 aliphatic heterocycles. The van der Waals surface area contributed by atoms with Crippen molar-refractivity contribution < 1.29 is 9.53 Å². The summed E-state index contributed by atoms with van der Waals surface area (Å²) in [7, 11) is 1.58. The minimum absolute atomic E-state index is 0.0484. The highest BCUT2D eigenvalue weighted by Crippen LogP contribution is 2.08. The molecule has 4 heteroatoms. The fourth-order valence-electron chi connectivity index (χ4n) is 2.05. The van der Waals surface area contributed by atoms with E-state index < -0.39 is 0 Å². The molecular formula is C17H20N2O2. The van der Waals surface area contributed by atoms with Crippen LogP contribution in [-0.2, 0) is 17.8 Å². The number of aryl methyl sites for hydroxylation is 2. The number of nitrogens with one attached hydrogen (secondary N) is 1. The third-order valence-corrected chi connectivity index (χ3v) is 3.22. The molecule has 0 aliphatic rings. The lowest BCUT2D eigenvalue weighted by molar-refractivity contribution is -0.121. The largest absolute Gasteiger partial charge is 0.481 e. The van der Waals surface area contributed by atoms with Crippen LogP contribution in [0.25, 0.3) is 0 Å². The van der Waals surface area contributed by atoms with Gasteiger partial charge in [0.25, 0.3) is 0 Å². The molecule has 1 N–H and O–H groups in total. The van der Waals surface area contributed by atoms with Gasteiger partial charge in [-0.05, 0) is 24.5 Å². The van der Waals surface area contributed by atoms with Crippen LogP contribution < -0.4 is 10.1 Å². The quantitative estimate of drug-likeness (QED) is 0.887. The van der Waals surface area contributed by atoms with Crippen LogP contribution in [0.2, 0.25) is 0 Å². The van der Waals surface area contributed by atoms with Gasteiger partial charge in [0.15, 0.2) is 0 Å². The third-order valence-electron chi connectivity index (χ3n) is 3.22. The Morgan fingerprint density at radius 3 is 2.76 bits per heavy atom. The number of carbonyl (C=O) groups is 1. The molecule has 0 unspecified atom stereocenters. The van der Waals surface area contributed by atoms with Gasteiger partial charge in [0.05, 0.1) is 7.11 Å². The Morgan fingerprint density at radius 2 is 2.10 bits per heavy atom. The van der Waals surface area contributed by atoms with Gasteiger partial charge in [0.2, 0.25) is 11.8 Å². The zero-order valence-corrected chi connectivity index (χ0v) is 12.4. The molecule has 1 aromatic carbocycles. The first-order valence-electron chi connectivity index (χ1n) is 6.98. The molecule has 2 aromatic rings. The molecule has 0 saturated carbocycles. The van der Waals surface area contributed by atoms with Crippen LogP contribution >= 0.6 is 0 Å². The van der Waals surface area contributed by atoms with Crippen LogP contribution in [0.5, 0.6) is 5.88 Å². The van der Waals surface area contributed by atoms with Gasteiger partial charge < -0.3 is 10.1 Å². The van der Waals surface area contributed by atoms with Crippen LogP contribution in [-0.4, -0.2) is 18.0 Å². The third kappa shape index (κ3) is 4.91. The average Bonchev–Trinajstić information content (AvgIpc) is 2.51. The highest BCUT2D eigenvalue weighted by molar-refractivity contribution is 5.76. The van der Waals surface area contributed by atoms with Gasteiger partial charge in [0, 0.05) is 25.2 Å². The fraction of sp³-hybridized carbons (Fsp3) is 0.294. The van der Waals surface area contributed by atoms with E-state index in [1.165, 1.54) is 11.1 Å². The van der Waals surface area contributed by atoms with E-state index in [0.717, 1.165) is 12.0 Å². The average molecular weight is 284 g/mol. The van der Waals surface area contributed by atoms with Gasteiger partial charge >= 0.3 is 0 Å². The number of methoxy groups -OCH3 is 1. The normalized spacial score (nSPS) is 10.2. The summed E-state index contributed by atoms with van der Waals surface area (Å²) in [5.74, 6) is 0.622. The lowest BCUT2D eigenvalue weighted by Crippen LogP contribution is -2.23. The van der Waals surface area contributed by atoms with E-state index in [-0.39, 0.29) is 5.91 Å². The lowest BCUT2D eigenvalue weighted by atomic mass is 10.1. The number of hydrogen-bond acceptors (Lipinski definition) is 3. The van der Waals surface area contributed by atoms with Gasteiger partial charge in [-0.25, -0.2) is 4.98 Å². The fourth-order valence-corrected chi connectivity index (χ4v) is 2.05. The molecule has 110 valence electrons. The summed E-state index contributed by atoms with van der Waals surface area (Å²) in [6, 6.07) is 11.9. The van der Waals surface area contributed by atoms with E-state index >= 15 is 0 Å². The second kappa shape index (κ2) is 7.43. The van der Waals surface area contributed by atoms with Crippen LogP contribution in [0.1, 0.15) is 23.1 Å². The highest BCUT2D eigenvalue weighted by Gasteiger charge is 2.03. The smallest absolute Gasteiger partial charge is 0.220 e. The van der Waals surface area contributed by atoms with Crippen molar-refractivity contribution in [3.05, 3.63) is 59.3 Å². The van der Waals surface area contributed by atoms with E-state index in [0.29, 0.717) is 18.8 Å². The van der Waals surface area contributed by atoms with Gasteiger partial charge in [-0.1, -0.05) is 35.9 Å². The van der Waals surface area contributed by atoms with E-state index in [1.54, 1.807) is 19.4 Å². The van der Waals surface area contributed by atoms with E-state index in [9.17, 15) is 4.79 Å². The van der Waals surface area contributed by atoms with Crippen molar-refractivity contribution >= 4 is 5.91 Å². The van der Waals surface area contributed by atoms with E-state index in [2.05, 4.69) is 29.4 Å². The summed E-state index contributed by atoms with van der Waals surface area (Å²) in [5.41, 5.74) is 3.37. The first-order chi connectivity index (χ1) is 10.2. The number of rotatable bonds is 6. The number of ether oxygens (including phenoxy) is 1. The Bertz CT molecular complexity index is 594. The molecule has 2 rings (SSSR count).